The minimum Gasteiger partial charge on any atom is -0.497 e. The molecule has 2 amide bonds. The summed E-state index contributed by atoms with van der Waals surface area (Å²) in [6, 6.07) is 14.9. The van der Waals surface area contributed by atoms with Crippen LogP contribution in [-0.4, -0.2) is 38.6 Å². The summed E-state index contributed by atoms with van der Waals surface area (Å²) in [5.41, 5.74) is 3.39. The SMILES string of the molecule is COc1cccc(OCCOc2ccc(/C=N\NC(=O)NC3CCCCC3)cc2)c1. The molecule has 0 radical (unpaired) electrons. The Morgan fingerprint density at radius 1 is 1.00 bits per heavy atom. The number of nitrogens with zero attached hydrogens (tertiary/aromatic N) is 1. The minimum atomic E-state index is -0.255. The molecule has 2 N–H and O–H groups in total. The van der Waals surface area contributed by atoms with Gasteiger partial charge in [0, 0.05) is 12.1 Å². The average Bonchev–Trinajstić information content (AvgIpc) is 2.78. The number of rotatable bonds is 9. The zero-order valence-corrected chi connectivity index (χ0v) is 17.3. The fourth-order valence-corrected chi connectivity index (χ4v) is 3.29. The van der Waals surface area contributed by atoms with Crippen LogP contribution in [0, 0.1) is 0 Å². The van der Waals surface area contributed by atoms with Crippen molar-refractivity contribution in [3.63, 3.8) is 0 Å². The summed E-state index contributed by atoms with van der Waals surface area (Å²) in [5.74, 6) is 2.24. The van der Waals surface area contributed by atoms with Crippen LogP contribution in [0.2, 0.25) is 0 Å². The second kappa shape index (κ2) is 11.7. The van der Waals surface area contributed by atoms with Crippen molar-refractivity contribution in [3.05, 3.63) is 54.1 Å². The van der Waals surface area contributed by atoms with Crippen LogP contribution in [0.3, 0.4) is 0 Å². The van der Waals surface area contributed by atoms with Crippen molar-refractivity contribution < 1.29 is 19.0 Å². The van der Waals surface area contributed by atoms with Crippen molar-refractivity contribution in [1.82, 2.24) is 10.7 Å². The average molecular weight is 412 g/mol. The summed E-state index contributed by atoms with van der Waals surface area (Å²) in [5, 5.41) is 6.96. The standard InChI is InChI=1S/C23H29N3O4/c1-28-21-8-5-9-22(16-21)30-15-14-29-20-12-10-18(11-13-20)17-24-26-23(27)25-19-6-3-2-4-7-19/h5,8-13,16-17,19H,2-4,6-7,14-15H2,1H3,(H2,25,26,27)/b24-17-. The summed E-state index contributed by atoms with van der Waals surface area (Å²) in [6.07, 6.45) is 7.31. The van der Waals surface area contributed by atoms with Gasteiger partial charge >= 0.3 is 6.03 Å². The van der Waals surface area contributed by atoms with E-state index in [1.807, 2.05) is 48.5 Å². The van der Waals surface area contributed by atoms with Gasteiger partial charge in [0.05, 0.1) is 13.3 Å². The van der Waals surface area contributed by atoms with Crippen LogP contribution in [0.5, 0.6) is 17.2 Å². The molecule has 1 saturated carbocycles. The Balaban J connectivity index is 1.34. The summed E-state index contributed by atoms with van der Waals surface area (Å²) >= 11 is 0. The number of urea groups is 1. The third kappa shape index (κ3) is 7.31. The molecule has 0 aliphatic heterocycles. The highest BCUT2D eigenvalue weighted by molar-refractivity contribution is 5.82. The number of carbonyl (C=O) groups excluding carboxylic acids is 1. The topological polar surface area (TPSA) is 81.2 Å². The maximum absolute atomic E-state index is 11.9. The van der Waals surface area contributed by atoms with Crippen molar-refractivity contribution in [1.29, 1.82) is 0 Å². The second-order valence-corrected chi connectivity index (χ2v) is 7.12. The lowest BCUT2D eigenvalue weighted by Gasteiger charge is -2.22. The molecule has 160 valence electrons. The number of ether oxygens (including phenoxy) is 3. The highest BCUT2D eigenvalue weighted by atomic mass is 16.5. The molecule has 30 heavy (non-hydrogen) atoms. The molecule has 0 aromatic heterocycles. The van der Waals surface area contributed by atoms with Gasteiger partial charge < -0.3 is 19.5 Å². The molecule has 1 aliphatic carbocycles. The van der Waals surface area contributed by atoms with Crippen LogP contribution in [-0.2, 0) is 0 Å². The van der Waals surface area contributed by atoms with E-state index in [1.165, 1.54) is 19.3 Å². The van der Waals surface area contributed by atoms with E-state index in [9.17, 15) is 4.79 Å². The van der Waals surface area contributed by atoms with Crippen LogP contribution in [0.15, 0.2) is 53.6 Å². The monoisotopic (exact) mass is 411 g/mol. The lowest BCUT2D eigenvalue weighted by Crippen LogP contribution is -2.41. The summed E-state index contributed by atoms with van der Waals surface area (Å²) < 4.78 is 16.5. The fourth-order valence-electron chi connectivity index (χ4n) is 3.29. The van der Waals surface area contributed by atoms with E-state index < -0.39 is 0 Å². The van der Waals surface area contributed by atoms with E-state index in [-0.39, 0.29) is 12.1 Å². The molecular formula is C23H29N3O4. The number of hydrogen-bond donors (Lipinski definition) is 2. The first-order valence-corrected chi connectivity index (χ1v) is 10.3. The molecule has 1 fully saturated rings. The molecule has 0 unspecified atom stereocenters. The van der Waals surface area contributed by atoms with Crippen molar-refractivity contribution >= 4 is 12.2 Å². The Labute approximate surface area is 177 Å². The summed E-state index contributed by atoms with van der Waals surface area (Å²) in [7, 11) is 1.62. The number of carbonyl (C=O) groups is 1. The van der Waals surface area contributed by atoms with E-state index in [2.05, 4.69) is 15.8 Å². The number of nitrogens with one attached hydrogen (secondary N) is 2. The quantitative estimate of drug-likeness (QED) is 0.369. The maximum atomic E-state index is 11.9. The van der Waals surface area contributed by atoms with Gasteiger partial charge in [-0.3, -0.25) is 0 Å². The van der Waals surface area contributed by atoms with E-state index in [0.29, 0.717) is 13.2 Å². The first-order valence-electron chi connectivity index (χ1n) is 10.3. The van der Waals surface area contributed by atoms with E-state index in [4.69, 9.17) is 14.2 Å². The van der Waals surface area contributed by atoms with Crippen molar-refractivity contribution in [2.75, 3.05) is 20.3 Å². The molecule has 0 bridgehead atoms. The van der Waals surface area contributed by atoms with Gasteiger partial charge in [-0.2, -0.15) is 5.10 Å². The second-order valence-electron chi connectivity index (χ2n) is 7.12. The highest BCUT2D eigenvalue weighted by Gasteiger charge is 2.14. The van der Waals surface area contributed by atoms with Gasteiger partial charge in [-0.05, 0) is 54.8 Å². The lowest BCUT2D eigenvalue weighted by molar-refractivity contribution is 0.216. The van der Waals surface area contributed by atoms with Crippen molar-refractivity contribution in [2.24, 2.45) is 5.10 Å². The maximum Gasteiger partial charge on any atom is 0.335 e. The predicted molar refractivity (Wildman–Crippen MR) is 117 cm³/mol. The highest BCUT2D eigenvalue weighted by Crippen LogP contribution is 2.19. The van der Waals surface area contributed by atoms with Crippen LogP contribution < -0.4 is 25.0 Å². The minimum absolute atomic E-state index is 0.255. The van der Waals surface area contributed by atoms with Gasteiger partial charge in [0.2, 0.25) is 0 Å². The third-order valence-electron chi connectivity index (χ3n) is 4.86. The van der Waals surface area contributed by atoms with Crippen LogP contribution in [0.1, 0.15) is 37.7 Å². The molecule has 2 aromatic rings. The van der Waals surface area contributed by atoms with Crippen molar-refractivity contribution in [2.45, 2.75) is 38.1 Å². The van der Waals surface area contributed by atoms with Gasteiger partial charge in [-0.25, -0.2) is 10.2 Å². The van der Waals surface area contributed by atoms with Crippen LogP contribution in [0.25, 0.3) is 0 Å². The zero-order valence-electron chi connectivity index (χ0n) is 17.3. The first-order chi connectivity index (χ1) is 14.7. The number of hydrazone groups is 1. The first kappa shape index (κ1) is 21.5. The van der Waals surface area contributed by atoms with Gasteiger partial charge in [-0.15, -0.1) is 0 Å². The van der Waals surface area contributed by atoms with Gasteiger partial charge in [0.1, 0.15) is 30.5 Å². The molecule has 0 heterocycles. The Hall–Kier alpha value is -3.22. The summed E-state index contributed by atoms with van der Waals surface area (Å²) in [4.78, 5) is 11.9. The molecule has 0 atom stereocenters. The smallest absolute Gasteiger partial charge is 0.335 e. The number of amides is 2. The predicted octanol–water partition coefficient (Wildman–Crippen LogP) is 4.12. The normalized spacial score (nSPS) is 14.3. The van der Waals surface area contributed by atoms with Crippen LogP contribution >= 0.6 is 0 Å². The summed E-state index contributed by atoms with van der Waals surface area (Å²) in [6.45, 7) is 0.851. The third-order valence-corrected chi connectivity index (χ3v) is 4.86. The van der Waals surface area contributed by atoms with E-state index in [1.54, 1.807) is 13.3 Å². The molecule has 1 aliphatic rings. The largest absolute Gasteiger partial charge is 0.497 e. The molecule has 3 rings (SSSR count). The molecule has 0 spiro atoms. The van der Waals surface area contributed by atoms with Crippen molar-refractivity contribution in [3.8, 4) is 17.2 Å². The lowest BCUT2D eigenvalue weighted by atomic mass is 9.96. The molecule has 0 saturated heterocycles. The number of benzene rings is 2. The van der Waals surface area contributed by atoms with Gasteiger partial charge in [-0.1, -0.05) is 25.3 Å². The van der Waals surface area contributed by atoms with Gasteiger partial charge in [0.25, 0.3) is 0 Å². The molecule has 7 heteroatoms. The van der Waals surface area contributed by atoms with E-state index >= 15 is 0 Å². The van der Waals surface area contributed by atoms with E-state index in [0.717, 1.165) is 35.7 Å². The molecular weight excluding hydrogens is 382 g/mol. The zero-order chi connectivity index (χ0) is 21.0. The Kier molecular flexibility index (Phi) is 8.38. The Bertz CT molecular complexity index is 817. The Morgan fingerprint density at radius 2 is 1.70 bits per heavy atom. The van der Waals surface area contributed by atoms with Crippen LogP contribution in [0.4, 0.5) is 4.79 Å². The number of methoxy groups -OCH3 is 1. The number of hydrogen-bond acceptors (Lipinski definition) is 5. The molecule has 7 nitrogen and oxygen atoms in total. The van der Waals surface area contributed by atoms with Gasteiger partial charge in [0.15, 0.2) is 0 Å². The molecule has 2 aromatic carbocycles. The Morgan fingerprint density at radius 3 is 2.43 bits per heavy atom. The fraction of sp³-hybridized carbons (Fsp3) is 0.391.